The van der Waals surface area contributed by atoms with Crippen molar-refractivity contribution in [3.8, 4) is 0 Å². The molecule has 16 heavy (non-hydrogen) atoms. The molecule has 1 atom stereocenters. The Morgan fingerprint density at radius 1 is 1.44 bits per heavy atom. The van der Waals surface area contributed by atoms with Crippen LogP contribution in [0, 0.1) is 5.41 Å². The van der Waals surface area contributed by atoms with Gasteiger partial charge in [-0.2, -0.15) is 0 Å². The Bertz CT molecular complexity index is 365. The van der Waals surface area contributed by atoms with Gasteiger partial charge in [-0.25, -0.2) is 9.97 Å². The molecule has 4 heteroatoms. The summed E-state index contributed by atoms with van der Waals surface area (Å²) >= 11 is 5.83. The van der Waals surface area contributed by atoms with E-state index in [4.69, 9.17) is 11.6 Å². The molecule has 0 bridgehead atoms. The van der Waals surface area contributed by atoms with E-state index in [0.717, 1.165) is 5.82 Å². The Morgan fingerprint density at radius 3 is 2.94 bits per heavy atom. The van der Waals surface area contributed by atoms with Gasteiger partial charge in [0.2, 0.25) is 0 Å². The Morgan fingerprint density at radius 2 is 2.25 bits per heavy atom. The lowest BCUT2D eigenvalue weighted by atomic mass is 9.75. The lowest BCUT2D eigenvalue weighted by Gasteiger charge is -2.35. The van der Waals surface area contributed by atoms with Crippen molar-refractivity contribution in [1.82, 2.24) is 9.97 Å². The first-order valence-corrected chi connectivity index (χ1v) is 6.17. The molecule has 0 aromatic carbocycles. The Hall–Kier alpha value is -0.830. The highest BCUT2D eigenvalue weighted by Crippen LogP contribution is 2.36. The minimum Gasteiger partial charge on any atom is -0.367 e. The van der Waals surface area contributed by atoms with E-state index in [1.165, 1.54) is 32.0 Å². The molecular weight excluding hydrogens is 222 g/mol. The minimum atomic E-state index is 0.437. The fourth-order valence-corrected chi connectivity index (χ4v) is 2.59. The second kappa shape index (κ2) is 4.58. The van der Waals surface area contributed by atoms with Crippen LogP contribution in [-0.2, 0) is 0 Å². The zero-order valence-corrected chi connectivity index (χ0v) is 10.6. The number of halogens is 1. The number of anilines is 1. The summed E-state index contributed by atoms with van der Waals surface area (Å²) in [5, 5.41) is 3.93. The molecule has 1 aliphatic rings. The first kappa shape index (κ1) is 11.6. The minimum absolute atomic E-state index is 0.437. The zero-order valence-electron chi connectivity index (χ0n) is 9.83. The van der Waals surface area contributed by atoms with Gasteiger partial charge < -0.3 is 5.32 Å². The predicted molar refractivity (Wildman–Crippen MR) is 66.7 cm³/mol. The summed E-state index contributed by atoms with van der Waals surface area (Å²) in [7, 11) is 0. The molecule has 3 nitrogen and oxygen atoms in total. The molecule has 2 rings (SSSR count). The van der Waals surface area contributed by atoms with E-state index in [1.807, 2.05) is 0 Å². The number of rotatable bonds is 2. The van der Waals surface area contributed by atoms with Gasteiger partial charge in [-0.05, 0) is 24.7 Å². The zero-order chi connectivity index (χ0) is 11.6. The second-order valence-electron chi connectivity index (χ2n) is 5.33. The molecule has 1 N–H and O–H groups in total. The first-order chi connectivity index (χ1) is 7.55. The van der Waals surface area contributed by atoms with Gasteiger partial charge in [0.15, 0.2) is 0 Å². The topological polar surface area (TPSA) is 37.8 Å². The van der Waals surface area contributed by atoms with Crippen molar-refractivity contribution in [2.24, 2.45) is 5.41 Å². The maximum Gasteiger partial charge on any atom is 0.134 e. The maximum atomic E-state index is 5.83. The van der Waals surface area contributed by atoms with Crippen LogP contribution >= 0.6 is 11.6 Å². The lowest BCUT2D eigenvalue weighted by molar-refractivity contribution is 0.229. The van der Waals surface area contributed by atoms with Gasteiger partial charge in [0.1, 0.15) is 17.3 Å². The molecule has 1 unspecified atom stereocenters. The highest BCUT2D eigenvalue weighted by atomic mass is 35.5. The summed E-state index contributed by atoms with van der Waals surface area (Å²) in [6.45, 7) is 4.65. The molecule has 1 heterocycles. The monoisotopic (exact) mass is 239 g/mol. The molecule has 0 radical (unpaired) electrons. The number of hydrogen-bond acceptors (Lipinski definition) is 3. The quantitative estimate of drug-likeness (QED) is 0.803. The number of nitrogens with one attached hydrogen (secondary N) is 1. The van der Waals surface area contributed by atoms with E-state index < -0.39 is 0 Å². The Balaban J connectivity index is 1.99. The van der Waals surface area contributed by atoms with Crippen LogP contribution in [0.4, 0.5) is 5.82 Å². The Labute approximate surface area is 102 Å². The van der Waals surface area contributed by atoms with Gasteiger partial charge >= 0.3 is 0 Å². The first-order valence-electron chi connectivity index (χ1n) is 5.79. The van der Waals surface area contributed by atoms with Gasteiger partial charge in [-0.3, -0.25) is 0 Å². The van der Waals surface area contributed by atoms with Crippen molar-refractivity contribution < 1.29 is 0 Å². The third-order valence-corrected chi connectivity index (χ3v) is 3.40. The molecule has 1 aromatic rings. The molecule has 1 fully saturated rings. The van der Waals surface area contributed by atoms with Gasteiger partial charge in [0, 0.05) is 12.1 Å². The summed E-state index contributed by atoms with van der Waals surface area (Å²) in [4.78, 5) is 8.05. The van der Waals surface area contributed by atoms with E-state index in [2.05, 4.69) is 29.1 Å². The van der Waals surface area contributed by atoms with Crippen molar-refractivity contribution in [1.29, 1.82) is 0 Å². The SMILES string of the molecule is CC1(C)CCCC(Nc2cc(Cl)ncn2)C1. The van der Waals surface area contributed by atoms with Crippen LogP contribution in [-0.4, -0.2) is 16.0 Å². The highest BCUT2D eigenvalue weighted by molar-refractivity contribution is 6.29. The van der Waals surface area contributed by atoms with Gasteiger partial charge in [-0.15, -0.1) is 0 Å². The van der Waals surface area contributed by atoms with Crippen LogP contribution in [0.5, 0.6) is 0 Å². The van der Waals surface area contributed by atoms with Crippen LogP contribution in [0.1, 0.15) is 39.5 Å². The normalized spacial score (nSPS) is 24.1. The highest BCUT2D eigenvalue weighted by Gasteiger charge is 2.27. The van der Waals surface area contributed by atoms with Gasteiger partial charge in [0.05, 0.1) is 0 Å². The summed E-state index contributed by atoms with van der Waals surface area (Å²) in [5.41, 5.74) is 0.437. The summed E-state index contributed by atoms with van der Waals surface area (Å²) in [6.07, 6.45) is 6.50. The van der Waals surface area contributed by atoms with Crippen LogP contribution in [0.25, 0.3) is 0 Å². The summed E-state index contributed by atoms with van der Waals surface area (Å²) < 4.78 is 0. The van der Waals surface area contributed by atoms with E-state index in [-0.39, 0.29) is 0 Å². The largest absolute Gasteiger partial charge is 0.367 e. The van der Waals surface area contributed by atoms with Crippen LogP contribution in [0.2, 0.25) is 5.15 Å². The van der Waals surface area contributed by atoms with E-state index in [9.17, 15) is 0 Å². The third kappa shape index (κ3) is 3.08. The fraction of sp³-hybridized carbons (Fsp3) is 0.667. The van der Waals surface area contributed by atoms with Crippen molar-refractivity contribution in [3.63, 3.8) is 0 Å². The van der Waals surface area contributed by atoms with Crippen molar-refractivity contribution in [3.05, 3.63) is 17.5 Å². The maximum absolute atomic E-state index is 5.83. The van der Waals surface area contributed by atoms with Crippen LogP contribution in [0.3, 0.4) is 0 Å². The molecule has 1 saturated carbocycles. The predicted octanol–water partition coefficient (Wildman–Crippen LogP) is 3.51. The molecule has 0 amide bonds. The number of nitrogens with zero attached hydrogens (tertiary/aromatic N) is 2. The van der Waals surface area contributed by atoms with E-state index in [1.54, 1.807) is 6.07 Å². The molecular formula is C12H18ClN3. The molecule has 1 aromatic heterocycles. The van der Waals surface area contributed by atoms with Gasteiger partial charge in [0.25, 0.3) is 0 Å². The number of aromatic nitrogens is 2. The fourth-order valence-electron chi connectivity index (χ4n) is 2.44. The van der Waals surface area contributed by atoms with E-state index >= 15 is 0 Å². The molecule has 0 spiro atoms. The van der Waals surface area contributed by atoms with Crippen molar-refractivity contribution >= 4 is 17.4 Å². The average Bonchev–Trinajstić information content (AvgIpc) is 2.15. The molecule has 0 aliphatic heterocycles. The smallest absolute Gasteiger partial charge is 0.134 e. The van der Waals surface area contributed by atoms with Crippen molar-refractivity contribution in [2.75, 3.05) is 5.32 Å². The number of hydrogen-bond donors (Lipinski definition) is 1. The standard InChI is InChI=1S/C12H18ClN3/c1-12(2)5-3-4-9(7-12)16-11-6-10(13)14-8-15-11/h6,8-9H,3-5,7H2,1-2H3,(H,14,15,16). The van der Waals surface area contributed by atoms with Crippen LogP contribution < -0.4 is 5.32 Å². The molecule has 1 aliphatic carbocycles. The summed E-state index contributed by atoms with van der Waals surface area (Å²) in [5.74, 6) is 0.836. The third-order valence-electron chi connectivity index (χ3n) is 3.19. The molecule has 0 saturated heterocycles. The Kier molecular flexibility index (Phi) is 3.33. The van der Waals surface area contributed by atoms with Crippen LogP contribution in [0.15, 0.2) is 12.4 Å². The van der Waals surface area contributed by atoms with E-state index in [0.29, 0.717) is 16.6 Å². The average molecular weight is 240 g/mol. The molecule has 88 valence electrons. The summed E-state index contributed by atoms with van der Waals surface area (Å²) in [6, 6.07) is 2.29. The van der Waals surface area contributed by atoms with Crippen molar-refractivity contribution in [2.45, 2.75) is 45.6 Å². The van der Waals surface area contributed by atoms with Gasteiger partial charge in [-0.1, -0.05) is 31.9 Å². The second-order valence-corrected chi connectivity index (χ2v) is 5.72. The lowest BCUT2D eigenvalue weighted by Crippen LogP contribution is -2.32.